The van der Waals surface area contributed by atoms with E-state index in [2.05, 4.69) is 5.32 Å². The van der Waals surface area contributed by atoms with E-state index in [9.17, 15) is 14.7 Å². The number of carbonyl (C=O) groups is 2. The molecule has 0 bridgehead atoms. The smallest absolute Gasteiger partial charge is 0.326 e. The Morgan fingerprint density at radius 3 is 2.43 bits per heavy atom. The molecule has 1 saturated carbocycles. The number of aliphatic carboxylic acids is 1. The van der Waals surface area contributed by atoms with Crippen LogP contribution in [0.3, 0.4) is 0 Å². The van der Waals surface area contributed by atoms with E-state index in [1.807, 2.05) is 30.3 Å². The van der Waals surface area contributed by atoms with Gasteiger partial charge in [0.05, 0.1) is 2.74 Å². The summed E-state index contributed by atoms with van der Waals surface area (Å²) < 4.78 is 14.8. The minimum Gasteiger partial charge on any atom is -0.480 e. The number of carbonyl (C=O) groups excluding carboxylic acids is 1. The standard InChI is InChI=1S/C19H25NO3/c1-13(2)15-8-10-16(11-9-15)18(21)20-17(19(22)23)12-14-6-4-3-5-7-14/h3-7,15-17H,1,8-12H2,2H3,(H,20,21)(H,22,23)/t15?,16?,17-/m1/s1/i1D2. The van der Waals surface area contributed by atoms with Gasteiger partial charge in [0, 0.05) is 12.3 Å². The average molecular weight is 317 g/mol. The first-order chi connectivity index (χ1) is 11.9. The third-order valence-electron chi connectivity index (χ3n) is 4.61. The Kier molecular flexibility index (Phi) is 5.01. The summed E-state index contributed by atoms with van der Waals surface area (Å²) in [5, 5.41) is 12.1. The number of carboxylic acid groups (broad SMARTS) is 1. The highest BCUT2D eigenvalue weighted by atomic mass is 16.4. The average Bonchev–Trinajstić information content (AvgIpc) is 2.61. The molecule has 0 aromatic heterocycles. The Hall–Kier alpha value is -2.10. The summed E-state index contributed by atoms with van der Waals surface area (Å²) in [5.74, 6) is -1.24. The second-order valence-electron chi connectivity index (χ2n) is 6.32. The summed E-state index contributed by atoms with van der Waals surface area (Å²) in [6.07, 6.45) is 3.13. The number of carboxylic acids is 1. The molecule has 2 N–H and O–H groups in total. The molecule has 1 aromatic rings. The van der Waals surface area contributed by atoms with Crippen molar-refractivity contribution in [2.45, 2.75) is 45.1 Å². The zero-order chi connectivity index (χ0) is 18.4. The SMILES string of the molecule is [2H]C([2H])=C(C)C1CCC(C(=O)N[C@H](Cc2ccccc2)C(=O)O)CC1. The van der Waals surface area contributed by atoms with E-state index in [0.717, 1.165) is 24.0 Å². The summed E-state index contributed by atoms with van der Waals surface area (Å²) in [7, 11) is 0. The highest BCUT2D eigenvalue weighted by Gasteiger charge is 2.29. The lowest BCUT2D eigenvalue weighted by Gasteiger charge is -2.29. The quantitative estimate of drug-likeness (QED) is 0.792. The van der Waals surface area contributed by atoms with Crippen LogP contribution in [0.25, 0.3) is 0 Å². The molecule has 1 aromatic carbocycles. The molecule has 124 valence electrons. The van der Waals surface area contributed by atoms with Crippen LogP contribution in [-0.2, 0) is 16.0 Å². The summed E-state index contributed by atoms with van der Waals surface area (Å²) in [6, 6.07) is 8.33. The van der Waals surface area contributed by atoms with Gasteiger partial charge >= 0.3 is 5.97 Å². The van der Waals surface area contributed by atoms with Gasteiger partial charge < -0.3 is 10.4 Å². The maximum atomic E-state index is 12.5. The van der Waals surface area contributed by atoms with Crippen molar-refractivity contribution < 1.29 is 17.4 Å². The largest absolute Gasteiger partial charge is 0.480 e. The van der Waals surface area contributed by atoms with Crippen LogP contribution in [-0.4, -0.2) is 23.0 Å². The lowest BCUT2D eigenvalue weighted by molar-refractivity contribution is -0.142. The molecule has 2 rings (SSSR count). The topological polar surface area (TPSA) is 66.4 Å². The van der Waals surface area contributed by atoms with Gasteiger partial charge in [-0.15, -0.1) is 0 Å². The number of hydrogen-bond acceptors (Lipinski definition) is 2. The Labute approximate surface area is 140 Å². The Balaban J connectivity index is 1.92. The van der Waals surface area contributed by atoms with Crippen LogP contribution < -0.4 is 5.32 Å². The lowest BCUT2D eigenvalue weighted by Crippen LogP contribution is -2.45. The highest BCUT2D eigenvalue weighted by molar-refractivity contribution is 5.85. The van der Waals surface area contributed by atoms with Gasteiger partial charge in [-0.3, -0.25) is 4.79 Å². The number of amides is 1. The Morgan fingerprint density at radius 2 is 1.87 bits per heavy atom. The van der Waals surface area contributed by atoms with Gasteiger partial charge in [0.1, 0.15) is 6.04 Å². The van der Waals surface area contributed by atoms with Crippen molar-refractivity contribution in [3.8, 4) is 0 Å². The number of rotatable bonds is 6. The van der Waals surface area contributed by atoms with E-state index in [0.29, 0.717) is 12.8 Å². The number of benzene rings is 1. The van der Waals surface area contributed by atoms with Crippen LogP contribution in [0.4, 0.5) is 0 Å². The van der Waals surface area contributed by atoms with Crippen molar-refractivity contribution >= 4 is 11.9 Å². The van der Waals surface area contributed by atoms with Gasteiger partial charge in [0.15, 0.2) is 0 Å². The van der Waals surface area contributed by atoms with Gasteiger partial charge in [0.2, 0.25) is 5.91 Å². The predicted octanol–water partition coefficient (Wildman–Crippen LogP) is 3.18. The molecular weight excluding hydrogens is 290 g/mol. The van der Waals surface area contributed by atoms with Crippen molar-refractivity contribution in [3.05, 3.63) is 48.0 Å². The third-order valence-corrected chi connectivity index (χ3v) is 4.61. The maximum absolute atomic E-state index is 12.5. The zero-order valence-electron chi connectivity index (χ0n) is 15.4. The van der Waals surface area contributed by atoms with E-state index < -0.39 is 12.0 Å². The Morgan fingerprint density at radius 1 is 1.26 bits per heavy atom. The minimum atomic E-state index is -1.03. The molecule has 0 aliphatic heterocycles. The van der Waals surface area contributed by atoms with Crippen LogP contribution >= 0.6 is 0 Å². The summed E-state index contributed by atoms with van der Waals surface area (Å²) in [6.45, 7) is 1.67. The van der Waals surface area contributed by atoms with Crippen LogP contribution in [0.2, 0.25) is 0 Å². The van der Waals surface area contributed by atoms with Gasteiger partial charge in [-0.2, -0.15) is 0 Å². The first-order valence-corrected chi connectivity index (χ1v) is 8.09. The molecular formula is C19H25NO3. The van der Waals surface area contributed by atoms with Crippen LogP contribution in [0.1, 0.15) is 40.9 Å². The fraction of sp³-hybridized carbons (Fsp3) is 0.474. The normalized spacial score (nSPS) is 23.2. The molecule has 0 saturated heterocycles. The highest BCUT2D eigenvalue weighted by Crippen LogP contribution is 2.32. The van der Waals surface area contributed by atoms with Crippen molar-refractivity contribution in [2.24, 2.45) is 11.8 Å². The maximum Gasteiger partial charge on any atom is 0.326 e. The first-order valence-electron chi connectivity index (χ1n) is 9.09. The van der Waals surface area contributed by atoms with Gasteiger partial charge in [-0.25, -0.2) is 4.79 Å². The van der Waals surface area contributed by atoms with Gasteiger partial charge in [-0.1, -0.05) is 42.4 Å². The van der Waals surface area contributed by atoms with Crippen molar-refractivity contribution in [1.82, 2.24) is 5.32 Å². The van der Waals surface area contributed by atoms with Crippen molar-refractivity contribution in [1.29, 1.82) is 0 Å². The third kappa shape index (κ3) is 4.95. The molecule has 1 fully saturated rings. The van der Waals surface area contributed by atoms with Crippen molar-refractivity contribution in [2.75, 3.05) is 0 Å². The monoisotopic (exact) mass is 317 g/mol. The second-order valence-corrected chi connectivity index (χ2v) is 6.32. The zero-order valence-corrected chi connectivity index (χ0v) is 13.4. The number of nitrogens with one attached hydrogen (secondary N) is 1. The van der Waals surface area contributed by atoms with Crippen LogP contribution in [0.15, 0.2) is 42.4 Å². The van der Waals surface area contributed by atoms with E-state index in [4.69, 9.17) is 2.74 Å². The predicted molar refractivity (Wildman–Crippen MR) is 90.0 cm³/mol. The molecule has 0 radical (unpaired) electrons. The molecule has 1 aliphatic carbocycles. The molecule has 4 heteroatoms. The summed E-state index contributed by atoms with van der Waals surface area (Å²) >= 11 is 0. The summed E-state index contributed by atoms with van der Waals surface area (Å²) in [4.78, 5) is 23.9. The summed E-state index contributed by atoms with van der Waals surface area (Å²) in [5.41, 5.74) is 1.64. The van der Waals surface area contributed by atoms with E-state index in [-0.39, 0.29) is 30.7 Å². The number of hydrogen-bond donors (Lipinski definition) is 2. The second kappa shape index (κ2) is 7.95. The fourth-order valence-corrected chi connectivity index (χ4v) is 3.13. The lowest BCUT2D eigenvalue weighted by atomic mass is 9.79. The van der Waals surface area contributed by atoms with E-state index in [1.165, 1.54) is 0 Å². The van der Waals surface area contributed by atoms with E-state index >= 15 is 0 Å². The van der Waals surface area contributed by atoms with E-state index in [1.54, 1.807) is 6.92 Å². The molecule has 1 aliphatic rings. The molecule has 4 nitrogen and oxygen atoms in total. The molecule has 0 heterocycles. The molecule has 0 unspecified atom stereocenters. The van der Waals surface area contributed by atoms with Crippen LogP contribution in [0.5, 0.6) is 0 Å². The number of allylic oxidation sites excluding steroid dienone is 1. The van der Waals surface area contributed by atoms with Crippen molar-refractivity contribution in [3.63, 3.8) is 0 Å². The Bertz CT molecular complexity index is 633. The molecule has 0 spiro atoms. The minimum absolute atomic E-state index is 0.137. The van der Waals surface area contributed by atoms with Gasteiger partial charge in [0.25, 0.3) is 0 Å². The molecule has 1 atom stereocenters. The first kappa shape index (κ1) is 14.5. The molecule has 23 heavy (non-hydrogen) atoms. The molecule has 1 amide bonds. The van der Waals surface area contributed by atoms with Crippen LogP contribution in [0, 0.1) is 11.8 Å². The van der Waals surface area contributed by atoms with Gasteiger partial charge in [-0.05, 0) is 44.1 Å². The fourth-order valence-electron chi connectivity index (χ4n) is 3.13.